The van der Waals surface area contributed by atoms with Crippen LogP contribution in [-0.4, -0.2) is 13.5 Å². The molecule has 2 aromatic carbocycles. The Morgan fingerprint density at radius 2 is 1.65 bits per heavy atom. The van der Waals surface area contributed by atoms with Crippen LogP contribution < -0.4 is 10.5 Å². The van der Waals surface area contributed by atoms with E-state index in [0.717, 1.165) is 11.1 Å². The highest BCUT2D eigenvalue weighted by Gasteiger charge is 2.15. The number of nitrogen functional groups attached to an aromatic ring is 1. The molecule has 0 aliphatic carbocycles. The molecule has 0 radical (unpaired) electrons. The standard InChI is InChI=1S/C14H16N2O3S/c1-9-5-10(2)7-11(6-9)16-20(18,19)12-3-4-14(17)13(15)8-12/h3-8,16-17H,15H2,1-2H3. The van der Waals surface area contributed by atoms with E-state index in [2.05, 4.69) is 4.72 Å². The number of hydrogen-bond acceptors (Lipinski definition) is 4. The number of nitrogens with two attached hydrogens (primary N) is 1. The minimum absolute atomic E-state index is 0.00644. The predicted molar refractivity (Wildman–Crippen MR) is 79.2 cm³/mol. The van der Waals surface area contributed by atoms with Gasteiger partial charge in [-0.25, -0.2) is 8.42 Å². The molecule has 0 aliphatic rings. The number of nitrogens with one attached hydrogen (secondary N) is 1. The zero-order chi connectivity index (χ0) is 14.9. The zero-order valence-corrected chi connectivity index (χ0v) is 12.0. The van der Waals surface area contributed by atoms with Gasteiger partial charge in [-0.3, -0.25) is 4.72 Å². The van der Waals surface area contributed by atoms with Gasteiger partial charge in [-0.05, 0) is 55.3 Å². The molecule has 6 heteroatoms. The van der Waals surface area contributed by atoms with Crippen molar-refractivity contribution < 1.29 is 13.5 Å². The van der Waals surface area contributed by atoms with Crippen LogP contribution >= 0.6 is 0 Å². The van der Waals surface area contributed by atoms with Gasteiger partial charge in [0, 0.05) is 5.69 Å². The van der Waals surface area contributed by atoms with Gasteiger partial charge in [0.25, 0.3) is 10.0 Å². The average molecular weight is 292 g/mol. The second-order valence-corrected chi connectivity index (χ2v) is 6.38. The van der Waals surface area contributed by atoms with Crippen molar-refractivity contribution >= 4 is 21.4 Å². The van der Waals surface area contributed by atoms with E-state index in [9.17, 15) is 13.5 Å². The summed E-state index contributed by atoms with van der Waals surface area (Å²) in [6, 6.07) is 9.22. The quantitative estimate of drug-likeness (QED) is 0.598. The maximum Gasteiger partial charge on any atom is 0.261 e. The van der Waals surface area contributed by atoms with Crippen LogP contribution in [0.25, 0.3) is 0 Å². The molecule has 0 amide bonds. The lowest BCUT2D eigenvalue weighted by molar-refractivity contribution is 0.477. The van der Waals surface area contributed by atoms with Gasteiger partial charge < -0.3 is 10.8 Å². The fraction of sp³-hybridized carbons (Fsp3) is 0.143. The van der Waals surface area contributed by atoms with Crippen LogP contribution in [0.15, 0.2) is 41.3 Å². The lowest BCUT2D eigenvalue weighted by Gasteiger charge is -2.10. The van der Waals surface area contributed by atoms with Crippen LogP contribution in [0.3, 0.4) is 0 Å². The highest BCUT2D eigenvalue weighted by molar-refractivity contribution is 7.92. The smallest absolute Gasteiger partial charge is 0.261 e. The summed E-state index contributed by atoms with van der Waals surface area (Å²) in [5, 5.41) is 9.33. The zero-order valence-electron chi connectivity index (χ0n) is 11.2. The SMILES string of the molecule is Cc1cc(C)cc(NS(=O)(=O)c2ccc(O)c(N)c2)c1. The van der Waals surface area contributed by atoms with E-state index in [1.807, 2.05) is 19.9 Å². The molecule has 0 spiro atoms. The molecule has 0 heterocycles. The van der Waals surface area contributed by atoms with E-state index < -0.39 is 10.0 Å². The van der Waals surface area contributed by atoms with Crippen LogP contribution in [-0.2, 0) is 10.0 Å². The third-order valence-electron chi connectivity index (χ3n) is 2.78. The summed E-state index contributed by atoms with van der Waals surface area (Å²) in [6.07, 6.45) is 0. The summed E-state index contributed by atoms with van der Waals surface area (Å²) >= 11 is 0. The first kappa shape index (κ1) is 14.2. The number of aromatic hydroxyl groups is 1. The van der Waals surface area contributed by atoms with Crippen molar-refractivity contribution in [2.24, 2.45) is 0 Å². The van der Waals surface area contributed by atoms with E-state index >= 15 is 0 Å². The van der Waals surface area contributed by atoms with Gasteiger partial charge in [0.05, 0.1) is 10.6 Å². The van der Waals surface area contributed by atoms with Crippen LogP contribution in [0.4, 0.5) is 11.4 Å². The number of hydrogen-bond donors (Lipinski definition) is 3. The van der Waals surface area contributed by atoms with Gasteiger partial charge in [-0.15, -0.1) is 0 Å². The molecule has 0 aromatic heterocycles. The number of benzene rings is 2. The average Bonchev–Trinajstić information content (AvgIpc) is 2.30. The molecule has 0 bridgehead atoms. The molecule has 0 saturated carbocycles. The third kappa shape index (κ3) is 3.03. The van der Waals surface area contributed by atoms with Crippen molar-refractivity contribution in [3.63, 3.8) is 0 Å². The number of rotatable bonds is 3. The Bertz CT molecular complexity index is 735. The Morgan fingerprint density at radius 3 is 2.20 bits per heavy atom. The van der Waals surface area contributed by atoms with Gasteiger partial charge in [0.2, 0.25) is 0 Å². The first-order valence-corrected chi connectivity index (χ1v) is 7.46. The lowest BCUT2D eigenvalue weighted by Crippen LogP contribution is -2.13. The van der Waals surface area contributed by atoms with E-state index in [1.54, 1.807) is 12.1 Å². The summed E-state index contributed by atoms with van der Waals surface area (Å²) in [5.74, 6) is -0.143. The maximum atomic E-state index is 12.2. The fourth-order valence-corrected chi connectivity index (χ4v) is 3.02. The van der Waals surface area contributed by atoms with Crippen LogP contribution in [0.1, 0.15) is 11.1 Å². The maximum absolute atomic E-state index is 12.2. The molecule has 0 unspecified atom stereocenters. The second kappa shape index (κ2) is 5.05. The molecule has 20 heavy (non-hydrogen) atoms. The number of aryl methyl sites for hydroxylation is 2. The summed E-state index contributed by atoms with van der Waals surface area (Å²) in [4.78, 5) is 0.00644. The first-order chi connectivity index (χ1) is 9.28. The van der Waals surface area contributed by atoms with E-state index in [0.29, 0.717) is 5.69 Å². The Balaban J connectivity index is 2.37. The number of phenolic OH excluding ortho intramolecular Hbond substituents is 1. The molecule has 2 rings (SSSR count). The minimum atomic E-state index is -3.73. The Labute approximate surface area is 118 Å². The summed E-state index contributed by atoms with van der Waals surface area (Å²) in [7, 11) is -3.73. The van der Waals surface area contributed by atoms with E-state index in [4.69, 9.17) is 5.73 Å². The highest BCUT2D eigenvalue weighted by atomic mass is 32.2. The monoisotopic (exact) mass is 292 g/mol. The molecule has 5 nitrogen and oxygen atoms in total. The van der Waals surface area contributed by atoms with Crippen molar-refractivity contribution in [1.82, 2.24) is 0 Å². The van der Waals surface area contributed by atoms with Crippen LogP contribution in [0.5, 0.6) is 5.75 Å². The largest absolute Gasteiger partial charge is 0.506 e. The second-order valence-electron chi connectivity index (χ2n) is 4.70. The predicted octanol–water partition coefficient (Wildman–Crippen LogP) is 2.39. The molecule has 0 atom stereocenters. The minimum Gasteiger partial charge on any atom is -0.506 e. The van der Waals surface area contributed by atoms with Gasteiger partial charge in [-0.1, -0.05) is 6.07 Å². The lowest BCUT2D eigenvalue weighted by atomic mass is 10.1. The summed E-state index contributed by atoms with van der Waals surface area (Å²) < 4.78 is 27.0. The fourth-order valence-electron chi connectivity index (χ4n) is 1.95. The molecule has 106 valence electrons. The molecule has 0 fully saturated rings. The van der Waals surface area contributed by atoms with Crippen LogP contribution in [0.2, 0.25) is 0 Å². The summed E-state index contributed by atoms with van der Waals surface area (Å²) in [6.45, 7) is 3.78. The number of anilines is 2. The molecule has 4 N–H and O–H groups in total. The first-order valence-electron chi connectivity index (χ1n) is 5.97. The Kier molecular flexibility index (Phi) is 3.59. The van der Waals surface area contributed by atoms with E-state index in [1.165, 1.54) is 18.2 Å². The third-order valence-corrected chi connectivity index (χ3v) is 4.16. The Hall–Kier alpha value is -2.21. The van der Waals surface area contributed by atoms with Gasteiger partial charge in [-0.2, -0.15) is 0 Å². The molecular weight excluding hydrogens is 276 g/mol. The molecule has 0 aliphatic heterocycles. The molecule has 0 saturated heterocycles. The van der Waals surface area contributed by atoms with Crippen molar-refractivity contribution in [2.45, 2.75) is 18.7 Å². The number of phenols is 1. The van der Waals surface area contributed by atoms with Crippen LogP contribution in [0, 0.1) is 13.8 Å². The number of sulfonamides is 1. The van der Waals surface area contributed by atoms with Gasteiger partial charge in [0.15, 0.2) is 0 Å². The van der Waals surface area contributed by atoms with Crippen molar-refractivity contribution in [3.05, 3.63) is 47.5 Å². The topological polar surface area (TPSA) is 92.4 Å². The Morgan fingerprint density at radius 1 is 1.05 bits per heavy atom. The van der Waals surface area contributed by atoms with Gasteiger partial charge in [0.1, 0.15) is 5.75 Å². The molecular formula is C14H16N2O3S. The normalized spacial score (nSPS) is 11.3. The summed E-state index contributed by atoms with van der Waals surface area (Å²) in [5.41, 5.74) is 7.96. The van der Waals surface area contributed by atoms with Crippen molar-refractivity contribution in [3.8, 4) is 5.75 Å². The highest BCUT2D eigenvalue weighted by Crippen LogP contribution is 2.25. The van der Waals surface area contributed by atoms with Crippen molar-refractivity contribution in [1.29, 1.82) is 0 Å². The molecule has 2 aromatic rings. The van der Waals surface area contributed by atoms with E-state index in [-0.39, 0.29) is 16.3 Å². The van der Waals surface area contributed by atoms with Gasteiger partial charge >= 0.3 is 0 Å². The van der Waals surface area contributed by atoms with Crippen molar-refractivity contribution in [2.75, 3.05) is 10.5 Å².